The van der Waals surface area contributed by atoms with E-state index >= 15 is 0 Å². The number of ether oxygens (including phenoxy) is 1. The first-order valence-electron chi connectivity index (χ1n) is 4.19. The van der Waals surface area contributed by atoms with Gasteiger partial charge in [0.15, 0.2) is 0 Å². The van der Waals surface area contributed by atoms with Crippen molar-refractivity contribution in [1.82, 2.24) is 0 Å². The van der Waals surface area contributed by atoms with Crippen LogP contribution in [0.15, 0.2) is 0 Å². The minimum atomic E-state index is -0.833. The van der Waals surface area contributed by atoms with Crippen LogP contribution in [0.25, 0.3) is 0 Å². The molecule has 78 valence electrons. The van der Waals surface area contributed by atoms with Crippen molar-refractivity contribution in [2.45, 2.75) is 34.1 Å². The third-order valence-corrected chi connectivity index (χ3v) is 1.00. The van der Waals surface area contributed by atoms with Crippen molar-refractivity contribution >= 4 is 11.9 Å². The fraction of sp³-hybridized carbons (Fsp3) is 0.778. The molecule has 0 amide bonds. The predicted molar refractivity (Wildman–Crippen MR) is 49.4 cm³/mol. The van der Waals surface area contributed by atoms with Crippen molar-refractivity contribution in [2.24, 2.45) is 5.92 Å². The summed E-state index contributed by atoms with van der Waals surface area (Å²) in [5, 5.41) is 7.42. The highest BCUT2D eigenvalue weighted by atomic mass is 16.5. The molecular weight excluding hydrogens is 172 g/mol. The van der Waals surface area contributed by atoms with Gasteiger partial charge < -0.3 is 9.84 Å². The molecule has 0 spiro atoms. The lowest BCUT2D eigenvalue weighted by molar-refractivity contribution is -0.141. The van der Waals surface area contributed by atoms with Gasteiger partial charge in [0.25, 0.3) is 5.97 Å². The van der Waals surface area contributed by atoms with Crippen molar-refractivity contribution in [3.63, 3.8) is 0 Å². The van der Waals surface area contributed by atoms with E-state index < -0.39 is 5.97 Å². The van der Waals surface area contributed by atoms with E-state index in [-0.39, 0.29) is 5.97 Å². The van der Waals surface area contributed by atoms with Gasteiger partial charge in [0.1, 0.15) is 0 Å². The highest BCUT2D eigenvalue weighted by molar-refractivity contribution is 5.65. The fourth-order valence-electron chi connectivity index (χ4n) is 0.438. The number of rotatable bonds is 3. The van der Waals surface area contributed by atoms with Gasteiger partial charge in [0.05, 0.1) is 6.61 Å². The number of carboxylic acid groups (broad SMARTS) is 1. The molecule has 0 unspecified atom stereocenters. The van der Waals surface area contributed by atoms with Crippen molar-refractivity contribution < 1.29 is 19.4 Å². The largest absolute Gasteiger partial charge is 0.481 e. The van der Waals surface area contributed by atoms with E-state index in [2.05, 4.69) is 13.8 Å². The summed E-state index contributed by atoms with van der Waals surface area (Å²) in [5.74, 6) is -0.403. The Kier molecular flexibility index (Phi) is 10.0. The van der Waals surface area contributed by atoms with E-state index in [1.807, 2.05) is 0 Å². The van der Waals surface area contributed by atoms with E-state index in [0.717, 1.165) is 13.3 Å². The maximum absolute atomic E-state index is 10.2. The Morgan fingerprint density at radius 3 is 1.92 bits per heavy atom. The second-order valence-corrected chi connectivity index (χ2v) is 3.04. The number of hydrogen-bond acceptors (Lipinski definition) is 3. The maximum Gasteiger partial charge on any atom is 0.302 e. The Balaban J connectivity index is 0. The molecule has 0 aliphatic rings. The minimum absolute atomic E-state index is 0.185. The zero-order chi connectivity index (χ0) is 10.9. The Morgan fingerprint density at radius 1 is 1.31 bits per heavy atom. The van der Waals surface area contributed by atoms with Crippen LogP contribution in [0.4, 0.5) is 0 Å². The van der Waals surface area contributed by atoms with E-state index in [1.54, 1.807) is 0 Å². The molecule has 0 saturated carbocycles. The van der Waals surface area contributed by atoms with Crippen LogP contribution in [0, 0.1) is 5.92 Å². The van der Waals surface area contributed by atoms with Gasteiger partial charge in [-0.15, -0.1) is 0 Å². The maximum atomic E-state index is 10.2. The summed E-state index contributed by atoms with van der Waals surface area (Å²) >= 11 is 0. The summed E-state index contributed by atoms with van der Waals surface area (Å²) in [4.78, 5) is 19.2. The second kappa shape index (κ2) is 9.03. The first kappa shape index (κ1) is 14.5. The van der Waals surface area contributed by atoms with Gasteiger partial charge in [0, 0.05) is 13.8 Å². The van der Waals surface area contributed by atoms with Crippen molar-refractivity contribution in [1.29, 1.82) is 0 Å². The number of carboxylic acids is 1. The van der Waals surface area contributed by atoms with Crippen LogP contribution in [0.3, 0.4) is 0 Å². The summed E-state index contributed by atoms with van der Waals surface area (Å²) < 4.78 is 4.71. The fourth-order valence-corrected chi connectivity index (χ4v) is 0.438. The molecule has 0 atom stereocenters. The van der Waals surface area contributed by atoms with Crippen molar-refractivity contribution in [3.05, 3.63) is 0 Å². The van der Waals surface area contributed by atoms with Gasteiger partial charge in [-0.1, -0.05) is 13.8 Å². The van der Waals surface area contributed by atoms with E-state index in [9.17, 15) is 4.79 Å². The SMILES string of the molecule is CC(=O)O.CC(=O)OCCC(C)C. The minimum Gasteiger partial charge on any atom is -0.481 e. The lowest BCUT2D eigenvalue weighted by atomic mass is 10.1. The van der Waals surface area contributed by atoms with Gasteiger partial charge in [-0.25, -0.2) is 0 Å². The van der Waals surface area contributed by atoms with E-state index in [4.69, 9.17) is 14.6 Å². The molecular formula is C9H18O4. The van der Waals surface area contributed by atoms with Gasteiger partial charge >= 0.3 is 5.97 Å². The molecule has 0 aliphatic carbocycles. The van der Waals surface area contributed by atoms with Crippen LogP contribution in [0.5, 0.6) is 0 Å². The molecule has 0 saturated heterocycles. The number of carbonyl (C=O) groups excluding carboxylic acids is 1. The third kappa shape index (κ3) is 35.8. The summed E-state index contributed by atoms with van der Waals surface area (Å²) in [6, 6.07) is 0. The average molecular weight is 190 g/mol. The first-order chi connectivity index (χ1) is 5.86. The molecule has 0 aromatic heterocycles. The average Bonchev–Trinajstić information content (AvgIpc) is 1.83. The van der Waals surface area contributed by atoms with Crippen LogP contribution in [0.2, 0.25) is 0 Å². The van der Waals surface area contributed by atoms with Gasteiger partial charge in [0.2, 0.25) is 0 Å². The molecule has 0 heterocycles. The Labute approximate surface area is 78.9 Å². The molecule has 13 heavy (non-hydrogen) atoms. The molecule has 0 fully saturated rings. The highest BCUT2D eigenvalue weighted by Crippen LogP contribution is 1.98. The lowest BCUT2D eigenvalue weighted by Crippen LogP contribution is -2.02. The van der Waals surface area contributed by atoms with Gasteiger partial charge in [-0.05, 0) is 12.3 Å². The van der Waals surface area contributed by atoms with Crippen LogP contribution >= 0.6 is 0 Å². The molecule has 4 heteroatoms. The Hall–Kier alpha value is -1.06. The summed E-state index contributed by atoms with van der Waals surface area (Å²) in [7, 11) is 0. The Morgan fingerprint density at radius 2 is 1.69 bits per heavy atom. The molecule has 4 nitrogen and oxygen atoms in total. The summed E-state index contributed by atoms with van der Waals surface area (Å²) in [5.41, 5.74) is 0. The monoisotopic (exact) mass is 190 g/mol. The molecule has 1 N–H and O–H groups in total. The summed E-state index contributed by atoms with van der Waals surface area (Å²) in [6.07, 6.45) is 0.958. The first-order valence-corrected chi connectivity index (χ1v) is 4.19. The molecule has 0 aliphatic heterocycles. The molecule has 0 aromatic rings. The van der Waals surface area contributed by atoms with Crippen LogP contribution in [-0.4, -0.2) is 23.7 Å². The highest BCUT2D eigenvalue weighted by Gasteiger charge is 1.94. The van der Waals surface area contributed by atoms with Crippen LogP contribution < -0.4 is 0 Å². The molecule has 0 bridgehead atoms. The zero-order valence-electron chi connectivity index (χ0n) is 8.66. The standard InChI is InChI=1S/C7H14O2.C2H4O2/c1-6(2)4-5-9-7(3)8;1-2(3)4/h6H,4-5H2,1-3H3;1H3,(H,3,4). The van der Waals surface area contributed by atoms with E-state index in [1.165, 1.54) is 6.92 Å². The smallest absolute Gasteiger partial charge is 0.302 e. The van der Waals surface area contributed by atoms with Gasteiger partial charge in [-0.3, -0.25) is 9.59 Å². The Bertz CT molecular complexity index is 148. The second-order valence-electron chi connectivity index (χ2n) is 3.04. The van der Waals surface area contributed by atoms with Crippen LogP contribution in [-0.2, 0) is 14.3 Å². The number of aliphatic carboxylic acids is 1. The molecule has 0 rings (SSSR count). The predicted octanol–water partition coefficient (Wildman–Crippen LogP) is 1.69. The van der Waals surface area contributed by atoms with Crippen molar-refractivity contribution in [2.75, 3.05) is 6.61 Å². The van der Waals surface area contributed by atoms with E-state index in [0.29, 0.717) is 12.5 Å². The van der Waals surface area contributed by atoms with Crippen LogP contribution in [0.1, 0.15) is 34.1 Å². The molecule has 0 radical (unpaired) electrons. The van der Waals surface area contributed by atoms with Crippen molar-refractivity contribution in [3.8, 4) is 0 Å². The van der Waals surface area contributed by atoms with Gasteiger partial charge in [-0.2, -0.15) is 0 Å². The topological polar surface area (TPSA) is 63.6 Å². The summed E-state index contributed by atoms with van der Waals surface area (Å²) in [6.45, 7) is 7.28. The quantitative estimate of drug-likeness (QED) is 0.688. The normalized spacial score (nSPS) is 8.69. The molecule has 0 aromatic carbocycles. The number of esters is 1. The number of hydrogen-bond donors (Lipinski definition) is 1. The zero-order valence-corrected chi connectivity index (χ0v) is 8.66. The number of carbonyl (C=O) groups is 2. The third-order valence-electron chi connectivity index (χ3n) is 1.00. The lowest BCUT2D eigenvalue weighted by Gasteiger charge is -2.02.